The van der Waals surface area contributed by atoms with Crippen molar-refractivity contribution < 1.29 is 9.90 Å². The van der Waals surface area contributed by atoms with Crippen molar-refractivity contribution in [3.8, 4) is 0 Å². The molecule has 0 saturated heterocycles. The smallest absolute Gasteiger partial charge is 0.308 e. The second-order valence-electron chi connectivity index (χ2n) is 5.13. The fourth-order valence-corrected chi connectivity index (χ4v) is 2.93. The van der Waals surface area contributed by atoms with Gasteiger partial charge in [-0.3, -0.25) is 4.79 Å². The topological polar surface area (TPSA) is 49.3 Å². The molecule has 3 atom stereocenters. The van der Waals surface area contributed by atoms with Crippen LogP contribution in [0.5, 0.6) is 0 Å². The molecule has 2 aliphatic carbocycles. The molecule has 86 valence electrons. The highest BCUT2D eigenvalue weighted by Crippen LogP contribution is 2.32. The van der Waals surface area contributed by atoms with E-state index in [1.807, 2.05) is 0 Å². The summed E-state index contributed by atoms with van der Waals surface area (Å²) in [5.74, 6) is 0.0197. The maximum Gasteiger partial charge on any atom is 0.308 e. The summed E-state index contributed by atoms with van der Waals surface area (Å²) in [6.07, 6.45) is 7.23. The number of aliphatic carboxylic acids is 1. The van der Waals surface area contributed by atoms with E-state index in [-0.39, 0.29) is 12.0 Å². The van der Waals surface area contributed by atoms with Gasteiger partial charge in [-0.15, -0.1) is 0 Å². The molecule has 0 heterocycles. The molecule has 2 fully saturated rings. The highest BCUT2D eigenvalue weighted by atomic mass is 16.4. The van der Waals surface area contributed by atoms with Crippen LogP contribution in [0.4, 0.5) is 0 Å². The van der Waals surface area contributed by atoms with Gasteiger partial charge in [0.1, 0.15) is 0 Å². The van der Waals surface area contributed by atoms with Gasteiger partial charge in [0, 0.05) is 12.1 Å². The lowest BCUT2D eigenvalue weighted by atomic mass is 9.78. The van der Waals surface area contributed by atoms with Gasteiger partial charge in [-0.05, 0) is 38.5 Å². The van der Waals surface area contributed by atoms with E-state index in [4.69, 9.17) is 5.11 Å². The van der Waals surface area contributed by atoms with Crippen LogP contribution in [-0.2, 0) is 4.79 Å². The van der Waals surface area contributed by atoms with E-state index in [1.165, 1.54) is 25.7 Å². The van der Waals surface area contributed by atoms with Crippen LogP contribution in [-0.4, -0.2) is 23.2 Å². The Labute approximate surface area is 91.2 Å². The molecular weight excluding hydrogens is 190 g/mol. The third-order valence-electron chi connectivity index (χ3n) is 4.18. The second-order valence-corrected chi connectivity index (χ2v) is 5.13. The van der Waals surface area contributed by atoms with Gasteiger partial charge in [0.15, 0.2) is 0 Å². The maximum absolute atomic E-state index is 10.9. The zero-order valence-electron chi connectivity index (χ0n) is 9.41. The lowest BCUT2D eigenvalue weighted by Crippen LogP contribution is -2.52. The Morgan fingerprint density at radius 3 is 2.40 bits per heavy atom. The van der Waals surface area contributed by atoms with Crippen molar-refractivity contribution in [2.45, 2.75) is 57.5 Å². The fraction of sp³-hybridized carbons (Fsp3) is 0.917. The molecule has 0 spiro atoms. The Balaban J connectivity index is 1.78. The summed E-state index contributed by atoms with van der Waals surface area (Å²) >= 11 is 0. The van der Waals surface area contributed by atoms with E-state index >= 15 is 0 Å². The van der Waals surface area contributed by atoms with E-state index in [2.05, 4.69) is 12.2 Å². The van der Waals surface area contributed by atoms with E-state index in [1.54, 1.807) is 0 Å². The van der Waals surface area contributed by atoms with Crippen molar-refractivity contribution in [3.05, 3.63) is 0 Å². The van der Waals surface area contributed by atoms with Crippen molar-refractivity contribution in [1.29, 1.82) is 0 Å². The average molecular weight is 211 g/mol. The summed E-state index contributed by atoms with van der Waals surface area (Å²) in [4.78, 5) is 10.9. The molecule has 3 nitrogen and oxygen atoms in total. The summed E-state index contributed by atoms with van der Waals surface area (Å²) in [6, 6.07) is 0.734. The Morgan fingerprint density at radius 2 is 1.93 bits per heavy atom. The fourth-order valence-electron chi connectivity index (χ4n) is 2.93. The summed E-state index contributed by atoms with van der Waals surface area (Å²) in [5.41, 5.74) is 0. The number of hydrogen-bond donors (Lipinski definition) is 2. The number of rotatable bonds is 4. The van der Waals surface area contributed by atoms with Gasteiger partial charge < -0.3 is 10.4 Å². The molecule has 2 saturated carbocycles. The van der Waals surface area contributed by atoms with Crippen molar-refractivity contribution >= 4 is 5.97 Å². The van der Waals surface area contributed by atoms with Crippen molar-refractivity contribution in [2.24, 2.45) is 11.8 Å². The second kappa shape index (κ2) is 4.52. The van der Waals surface area contributed by atoms with Crippen LogP contribution < -0.4 is 5.32 Å². The molecule has 0 bridgehead atoms. The molecule has 0 amide bonds. The summed E-state index contributed by atoms with van der Waals surface area (Å²) in [5, 5.41) is 12.5. The van der Waals surface area contributed by atoms with Crippen LogP contribution >= 0.6 is 0 Å². The molecular formula is C12H21NO2. The Bertz CT molecular complexity index is 236. The molecule has 3 heteroatoms. The molecule has 0 aromatic rings. The van der Waals surface area contributed by atoms with E-state index in [9.17, 15) is 4.79 Å². The van der Waals surface area contributed by atoms with E-state index in [0.29, 0.717) is 6.04 Å². The first-order valence-electron chi connectivity index (χ1n) is 6.17. The predicted octanol–water partition coefficient (Wildman–Crippen LogP) is 2.02. The first-order valence-corrected chi connectivity index (χ1v) is 6.17. The van der Waals surface area contributed by atoms with Crippen LogP contribution in [0, 0.1) is 11.8 Å². The zero-order chi connectivity index (χ0) is 10.8. The van der Waals surface area contributed by atoms with Gasteiger partial charge in [-0.2, -0.15) is 0 Å². The predicted molar refractivity (Wildman–Crippen MR) is 58.7 cm³/mol. The van der Waals surface area contributed by atoms with Crippen LogP contribution in [0.1, 0.15) is 45.4 Å². The molecule has 2 N–H and O–H groups in total. The monoisotopic (exact) mass is 211 g/mol. The standard InChI is InChI=1S/C12H21NO2/c1-8(9-4-2-3-5-9)13-11-7-6-10(11)12(14)15/h8-11,13H,2-7H2,1H3,(H,14,15). The third-order valence-corrected chi connectivity index (χ3v) is 4.18. The number of hydrogen-bond acceptors (Lipinski definition) is 2. The molecule has 0 aromatic carbocycles. The van der Waals surface area contributed by atoms with Crippen LogP contribution in [0.3, 0.4) is 0 Å². The van der Waals surface area contributed by atoms with Gasteiger partial charge in [0.05, 0.1) is 5.92 Å². The van der Waals surface area contributed by atoms with E-state index in [0.717, 1.165) is 18.8 Å². The lowest BCUT2D eigenvalue weighted by Gasteiger charge is -2.37. The number of carbonyl (C=O) groups is 1. The van der Waals surface area contributed by atoms with Crippen molar-refractivity contribution in [3.63, 3.8) is 0 Å². The minimum atomic E-state index is -0.627. The van der Waals surface area contributed by atoms with E-state index < -0.39 is 5.97 Å². The SMILES string of the molecule is CC(NC1CCC1C(=O)O)C1CCCC1. The maximum atomic E-state index is 10.9. The molecule has 0 aromatic heterocycles. The normalized spacial score (nSPS) is 33.7. The number of nitrogens with one attached hydrogen (secondary N) is 1. The van der Waals surface area contributed by atoms with Gasteiger partial charge >= 0.3 is 5.97 Å². The minimum absolute atomic E-state index is 0.131. The molecule has 0 aliphatic heterocycles. The number of carboxylic acid groups (broad SMARTS) is 1. The lowest BCUT2D eigenvalue weighted by molar-refractivity contribution is -0.146. The Hall–Kier alpha value is -0.570. The highest BCUT2D eigenvalue weighted by molar-refractivity contribution is 5.72. The highest BCUT2D eigenvalue weighted by Gasteiger charge is 2.38. The third kappa shape index (κ3) is 2.33. The molecule has 3 unspecified atom stereocenters. The summed E-state index contributed by atoms with van der Waals surface area (Å²) in [6.45, 7) is 2.22. The van der Waals surface area contributed by atoms with Gasteiger partial charge in [-0.25, -0.2) is 0 Å². The number of carboxylic acids is 1. The first kappa shape index (κ1) is 10.9. The minimum Gasteiger partial charge on any atom is -0.481 e. The Morgan fingerprint density at radius 1 is 1.27 bits per heavy atom. The van der Waals surface area contributed by atoms with Crippen molar-refractivity contribution in [2.75, 3.05) is 0 Å². The zero-order valence-corrected chi connectivity index (χ0v) is 9.41. The molecule has 15 heavy (non-hydrogen) atoms. The largest absolute Gasteiger partial charge is 0.481 e. The van der Waals surface area contributed by atoms with Gasteiger partial charge in [0.2, 0.25) is 0 Å². The summed E-state index contributed by atoms with van der Waals surface area (Å²) < 4.78 is 0. The quantitative estimate of drug-likeness (QED) is 0.748. The first-order chi connectivity index (χ1) is 7.18. The molecule has 2 rings (SSSR count). The van der Waals surface area contributed by atoms with Crippen LogP contribution in [0.15, 0.2) is 0 Å². The van der Waals surface area contributed by atoms with Crippen LogP contribution in [0.25, 0.3) is 0 Å². The van der Waals surface area contributed by atoms with Crippen LogP contribution in [0.2, 0.25) is 0 Å². The van der Waals surface area contributed by atoms with Crippen molar-refractivity contribution in [1.82, 2.24) is 5.32 Å². The molecule has 2 aliphatic rings. The summed E-state index contributed by atoms with van der Waals surface area (Å²) in [7, 11) is 0. The van der Waals surface area contributed by atoms with Gasteiger partial charge in [-0.1, -0.05) is 12.8 Å². The molecule has 0 radical (unpaired) electrons. The Kier molecular flexibility index (Phi) is 3.29. The van der Waals surface area contributed by atoms with Gasteiger partial charge in [0.25, 0.3) is 0 Å². The average Bonchev–Trinajstić information content (AvgIpc) is 2.63.